The highest BCUT2D eigenvalue weighted by atomic mass is 16.5. The fraction of sp³-hybridized carbons (Fsp3) is 0.400. The van der Waals surface area contributed by atoms with Crippen molar-refractivity contribution >= 4 is 22.5 Å². The van der Waals surface area contributed by atoms with Gasteiger partial charge >= 0.3 is 0 Å². The summed E-state index contributed by atoms with van der Waals surface area (Å²) in [6.45, 7) is 4.07. The number of carbonyl (C=O) groups excluding carboxylic acids is 1. The summed E-state index contributed by atoms with van der Waals surface area (Å²) in [5.41, 5.74) is 2.34. The van der Waals surface area contributed by atoms with Gasteiger partial charge in [-0.15, -0.1) is 0 Å². The Labute approximate surface area is 197 Å². The van der Waals surface area contributed by atoms with Crippen LogP contribution in [-0.2, 0) is 29.0 Å². The Bertz CT molecular complexity index is 1280. The molecule has 5 rings (SSSR count). The lowest BCUT2D eigenvalue weighted by molar-refractivity contribution is -0.922. The summed E-state index contributed by atoms with van der Waals surface area (Å²) in [5, 5.41) is 0.396. The van der Waals surface area contributed by atoms with Crippen molar-refractivity contribution in [2.24, 2.45) is 0 Å². The van der Waals surface area contributed by atoms with E-state index in [4.69, 9.17) is 19.2 Å². The number of anilines is 1. The molecule has 1 fully saturated rings. The Morgan fingerprint density at radius 3 is 2.62 bits per heavy atom. The molecule has 0 bridgehead atoms. The van der Waals surface area contributed by atoms with E-state index in [1.165, 1.54) is 16.6 Å². The van der Waals surface area contributed by atoms with E-state index >= 15 is 0 Å². The number of amides is 1. The zero-order valence-electron chi connectivity index (χ0n) is 19.5. The van der Waals surface area contributed by atoms with E-state index < -0.39 is 0 Å². The SMILES string of the molecule is COc1cc2nc(C[NH+]3CCOCC3)n(CC(=O)N3CCc4ccccc43)c(=O)c2cc1OC. The second-order valence-electron chi connectivity index (χ2n) is 8.61. The zero-order chi connectivity index (χ0) is 23.7. The molecule has 0 radical (unpaired) electrons. The van der Waals surface area contributed by atoms with Crippen LogP contribution in [0.15, 0.2) is 41.2 Å². The molecule has 0 aliphatic carbocycles. The number of carbonyl (C=O) groups is 1. The van der Waals surface area contributed by atoms with E-state index in [1.807, 2.05) is 24.3 Å². The maximum atomic E-state index is 13.7. The number of morpholine rings is 1. The van der Waals surface area contributed by atoms with Crippen molar-refractivity contribution in [3.8, 4) is 11.5 Å². The summed E-state index contributed by atoms with van der Waals surface area (Å²) in [5.74, 6) is 1.43. The van der Waals surface area contributed by atoms with Crippen molar-refractivity contribution in [2.75, 3.05) is 52.0 Å². The lowest BCUT2D eigenvalue weighted by atomic mass is 10.2. The van der Waals surface area contributed by atoms with Crippen LogP contribution in [0.5, 0.6) is 11.5 Å². The van der Waals surface area contributed by atoms with E-state index in [9.17, 15) is 9.59 Å². The number of rotatable bonds is 6. The molecule has 1 aromatic heterocycles. The van der Waals surface area contributed by atoms with Gasteiger partial charge in [0.25, 0.3) is 5.56 Å². The molecule has 1 N–H and O–H groups in total. The highest BCUT2D eigenvalue weighted by Gasteiger charge is 2.27. The average molecular weight is 466 g/mol. The summed E-state index contributed by atoms with van der Waals surface area (Å²) in [4.78, 5) is 34.9. The van der Waals surface area contributed by atoms with Gasteiger partial charge in [0.05, 0.1) is 38.3 Å². The zero-order valence-corrected chi connectivity index (χ0v) is 19.5. The standard InChI is InChI=1S/C25H28N4O5/c1-32-21-13-18-19(14-22(21)33-2)26-23(15-27-9-11-34-12-10-27)29(25(18)31)16-24(30)28-8-7-17-5-3-4-6-20(17)28/h3-6,13-14H,7-12,15-16H2,1-2H3/p+1. The van der Waals surface area contributed by atoms with Crippen molar-refractivity contribution in [2.45, 2.75) is 19.5 Å². The first-order chi connectivity index (χ1) is 16.6. The molecule has 0 saturated carbocycles. The Morgan fingerprint density at radius 2 is 1.85 bits per heavy atom. The molecule has 2 aliphatic rings. The van der Waals surface area contributed by atoms with Crippen LogP contribution in [0.3, 0.4) is 0 Å². The molecule has 3 aromatic rings. The minimum absolute atomic E-state index is 0.0659. The Morgan fingerprint density at radius 1 is 1.12 bits per heavy atom. The minimum Gasteiger partial charge on any atom is -0.493 e. The minimum atomic E-state index is -0.255. The topological polar surface area (TPSA) is 87.3 Å². The summed E-state index contributed by atoms with van der Waals surface area (Å²) >= 11 is 0. The summed E-state index contributed by atoms with van der Waals surface area (Å²) in [6.07, 6.45) is 0.814. The monoisotopic (exact) mass is 465 g/mol. The number of nitrogens with one attached hydrogen (secondary N) is 1. The number of methoxy groups -OCH3 is 2. The number of benzene rings is 2. The van der Waals surface area contributed by atoms with Gasteiger partial charge in [0.1, 0.15) is 26.2 Å². The van der Waals surface area contributed by atoms with Crippen LogP contribution >= 0.6 is 0 Å². The van der Waals surface area contributed by atoms with Gasteiger partial charge in [-0.05, 0) is 24.1 Å². The van der Waals surface area contributed by atoms with E-state index in [0.717, 1.165) is 30.8 Å². The van der Waals surface area contributed by atoms with Crippen LogP contribution in [-0.4, -0.2) is 62.5 Å². The van der Waals surface area contributed by atoms with Gasteiger partial charge in [-0.3, -0.25) is 14.2 Å². The number of nitrogens with zero attached hydrogens (tertiary/aromatic N) is 3. The number of hydrogen-bond acceptors (Lipinski definition) is 6. The van der Waals surface area contributed by atoms with E-state index in [-0.39, 0.29) is 18.0 Å². The predicted octanol–water partition coefficient (Wildman–Crippen LogP) is 0.418. The third kappa shape index (κ3) is 4.12. The first-order valence-electron chi connectivity index (χ1n) is 11.5. The van der Waals surface area contributed by atoms with Gasteiger partial charge in [0.2, 0.25) is 5.91 Å². The van der Waals surface area contributed by atoms with Crippen LogP contribution < -0.4 is 24.8 Å². The third-order valence-corrected chi connectivity index (χ3v) is 6.63. The molecule has 3 heterocycles. The maximum absolute atomic E-state index is 13.7. The fourth-order valence-corrected chi connectivity index (χ4v) is 4.77. The van der Waals surface area contributed by atoms with Crippen LogP contribution in [0, 0.1) is 0 Å². The smallest absolute Gasteiger partial charge is 0.262 e. The van der Waals surface area contributed by atoms with Gasteiger partial charge in [0, 0.05) is 18.3 Å². The molecule has 2 aromatic carbocycles. The van der Waals surface area contributed by atoms with Crippen molar-refractivity contribution in [3.05, 3.63) is 58.1 Å². The Hall–Kier alpha value is -3.43. The third-order valence-electron chi connectivity index (χ3n) is 6.63. The van der Waals surface area contributed by atoms with Crippen LogP contribution in [0.2, 0.25) is 0 Å². The summed E-state index contributed by atoms with van der Waals surface area (Å²) in [7, 11) is 3.08. The molecular weight excluding hydrogens is 436 g/mol. The van der Waals surface area contributed by atoms with Gasteiger partial charge in [-0.25, -0.2) is 4.98 Å². The predicted molar refractivity (Wildman–Crippen MR) is 127 cm³/mol. The van der Waals surface area contributed by atoms with Gasteiger partial charge < -0.3 is 24.0 Å². The van der Waals surface area contributed by atoms with Crippen molar-refractivity contribution < 1.29 is 23.9 Å². The molecule has 0 spiro atoms. The van der Waals surface area contributed by atoms with Crippen molar-refractivity contribution in [3.63, 3.8) is 0 Å². The molecular formula is C25H29N4O5+. The molecule has 34 heavy (non-hydrogen) atoms. The second-order valence-corrected chi connectivity index (χ2v) is 8.61. The number of quaternary nitrogens is 1. The Balaban J connectivity index is 1.56. The van der Waals surface area contributed by atoms with Crippen LogP contribution in [0.25, 0.3) is 10.9 Å². The van der Waals surface area contributed by atoms with Crippen LogP contribution in [0.1, 0.15) is 11.4 Å². The Kier molecular flexibility index (Phi) is 6.21. The second kappa shape index (κ2) is 9.44. The number of para-hydroxylation sites is 1. The molecule has 0 atom stereocenters. The van der Waals surface area contributed by atoms with Crippen molar-refractivity contribution in [1.29, 1.82) is 0 Å². The molecule has 1 saturated heterocycles. The lowest BCUT2D eigenvalue weighted by Gasteiger charge is -2.25. The highest BCUT2D eigenvalue weighted by molar-refractivity contribution is 5.95. The molecule has 1 amide bonds. The van der Waals surface area contributed by atoms with Crippen molar-refractivity contribution in [1.82, 2.24) is 9.55 Å². The first kappa shape index (κ1) is 22.4. The maximum Gasteiger partial charge on any atom is 0.262 e. The average Bonchev–Trinajstić information content (AvgIpc) is 3.30. The van der Waals surface area contributed by atoms with Gasteiger partial charge in [-0.1, -0.05) is 18.2 Å². The summed E-state index contributed by atoms with van der Waals surface area (Å²) < 4.78 is 17.8. The highest BCUT2D eigenvalue weighted by Crippen LogP contribution is 2.30. The molecule has 178 valence electrons. The van der Waals surface area contributed by atoms with Gasteiger partial charge in [0.15, 0.2) is 17.3 Å². The quantitative estimate of drug-likeness (QED) is 0.568. The van der Waals surface area contributed by atoms with Gasteiger partial charge in [-0.2, -0.15) is 0 Å². The van der Waals surface area contributed by atoms with Crippen LogP contribution in [0.4, 0.5) is 5.69 Å². The molecule has 9 heteroatoms. The molecule has 9 nitrogen and oxygen atoms in total. The largest absolute Gasteiger partial charge is 0.493 e. The van der Waals surface area contributed by atoms with E-state index in [1.54, 1.807) is 24.1 Å². The number of fused-ring (bicyclic) bond motifs is 2. The fourth-order valence-electron chi connectivity index (χ4n) is 4.77. The lowest BCUT2D eigenvalue weighted by Crippen LogP contribution is -3.13. The number of ether oxygens (including phenoxy) is 3. The normalized spacial score (nSPS) is 16.0. The van der Waals surface area contributed by atoms with E-state index in [0.29, 0.717) is 54.5 Å². The van der Waals surface area contributed by atoms with E-state index in [2.05, 4.69) is 0 Å². The molecule has 0 unspecified atom stereocenters. The number of hydrogen-bond donors (Lipinski definition) is 1. The molecule has 2 aliphatic heterocycles. The first-order valence-corrected chi connectivity index (χ1v) is 11.5. The number of aromatic nitrogens is 2. The summed E-state index contributed by atoms with van der Waals surface area (Å²) in [6, 6.07) is 11.3.